The summed E-state index contributed by atoms with van der Waals surface area (Å²) in [5.74, 6) is -2.41. The molecule has 0 fully saturated rings. The Bertz CT molecular complexity index is 1160. The number of esters is 1. The van der Waals surface area contributed by atoms with Gasteiger partial charge in [0.15, 0.2) is 0 Å². The number of aryl methyl sites for hydroxylation is 3. The van der Waals surface area contributed by atoms with Crippen LogP contribution in [0.1, 0.15) is 46.4 Å². The largest absolute Gasteiger partial charge is 0.469 e. The number of nitrogens with zero attached hydrogens (tertiary/aromatic N) is 4. The van der Waals surface area contributed by atoms with Crippen LogP contribution < -0.4 is 5.32 Å². The monoisotopic (exact) mass is 449 g/mol. The molecule has 0 aliphatic heterocycles. The Hall–Kier alpha value is -3.50. The van der Waals surface area contributed by atoms with Crippen LogP contribution in [0.3, 0.4) is 0 Å². The summed E-state index contributed by atoms with van der Waals surface area (Å²) in [5.41, 5.74) is 2.86. The first-order valence-corrected chi connectivity index (χ1v) is 9.72. The Morgan fingerprint density at radius 2 is 1.78 bits per heavy atom. The fraction of sp³-hybridized carbons (Fsp3) is 0.381. The van der Waals surface area contributed by atoms with Gasteiger partial charge in [0.25, 0.3) is 11.6 Å². The van der Waals surface area contributed by atoms with Gasteiger partial charge in [0.1, 0.15) is 0 Å². The fourth-order valence-electron chi connectivity index (χ4n) is 3.29. The molecular weight excluding hydrogens is 427 g/mol. The number of fused-ring (bicyclic) bond motifs is 1. The molecule has 1 amide bonds. The Balaban J connectivity index is 1.87. The van der Waals surface area contributed by atoms with Crippen molar-refractivity contribution in [3.05, 3.63) is 58.2 Å². The number of amides is 1. The highest BCUT2D eigenvalue weighted by Gasteiger charge is 2.37. The number of benzene rings is 1. The zero-order chi connectivity index (χ0) is 23.6. The molecule has 0 bridgehead atoms. The molecule has 2 heterocycles. The minimum atomic E-state index is -4.71. The zero-order valence-corrected chi connectivity index (χ0v) is 17.9. The van der Waals surface area contributed by atoms with E-state index in [1.54, 1.807) is 26.0 Å². The molecule has 0 radical (unpaired) electrons. The van der Waals surface area contributed by atoms with Crippen molar-refractivity contribution in [2.45, 2.75) is 45.8 Å². The predicted molar refractivity (Wildman–Crippen MR) is 108 cm³/mol. The van der Waals surface area contributed by atoms with Crippen LogP contribution in [0.5, 0.6) is 0 Å². The van der Waals surface area contributed by atoms with Crippen LogP contribution in [0.25, 0.3) is 5.78 Å². The Morgan fingerprint density at radius 1 is 1.12 bits per heavy atom. The number of nitrogens with one attached hydrogen (secondary N) is 1. The van der Waals surface area contributed by atoms with Crippen LogP contribution in [0.15, 0.2) is 24.3 Å². The summed E-state index contributed by atoms with van der Waals surface area (Å²) in [6.45, 7) is 5.05. The molecule has 1 aromatic carbocycles. The third kappa shape index (κ3) is 5.04. The highest BCUT2D eigenvalue weighted by molar-refractivity contribution is 5.80. The first-order chi connectivity index (χ1) is 15.0. The molecule has 2 aromatic heterocycles. The Labute approximate surface area is 181 Å². The number of hydrogen-bond donors (Lipinski definition) is 1. The maximum Gasteiger partial charge on any atom is 0.453 e. The molecule has 0 unspecified atom stereocenters. The molecule has 170 valence electrons. The summed E-state index contributed by atoms with van der Waals surface area (Å²) in [6.07, 6.45) is -4.94. The summed E-state index contributed by atoms with van der Waals surface area (Å²) in [7, 11) is 1.26. The number of carbonyl (C=O) groups is 2. The van der Waals surface area contributed by atoms with Crippen molar-refractivity contribution in [2.24, 2.45) is 0 Å². The van der Waals surface area contributed by atoms with Gasteiger partial charge in [-0.05, 0) is 26.3 Å². The van der Waals surface area contributed by atoms with E-state index in [9.17, 15) is 22.8 Å². The van der Waals surface area contributed by atoms with Crippen LogP contribution in [0, 0.1) is 20.8 Å². The smallest absolute Gasteiger partial charge is 0.453 e. The first kappa shape index (κ1) is 23.2. The number of carbonyl (C=O) groups excluding carboxylic acids is 2. The second kappa shape index (κ2) is 8.93. The van der Waals surface area contributed by atoms with E-state index in [4.69, 9.17) is 4.74 Å². The van der Waals surface area contributed by atoms with Crippen molar-refractivity contribution in [1.29, 1.82) is 0 Å². The maximum atomic E-state index is 13.0. The van der Waals surface area contributed by atoms with E-state index >= 15 is 0 Å². The molecule has 0 spiro atoms. The molecule has 3 rings (SSSR count). The third-order valence-electron chi connectivity index (χ3n) is 5.05. The van der Waals surface area contributed by atoms with Crippen molar-refractivity contribution >= 4 is 17.7 Å². The number of halogens is 3. The van der Waals surface area contributed by atoms with Gasteiger partial charge in [-0.1, -0.05) is 29.8 Å². The van der Waals surface area contributed by atoms with Gasteiger partial charge in [-0.25, -0.2) is 9.50 Å². The number of rotatable bonds is 6. The third-order valence-corrected chi connectivity index (χ3v) is 5.05. The average Bonchev–Trinajstić information content (AvgIpc) is 3.16. The molecule has 0 aliphatic carbocycles. The normalized spacial score (nSPS) is 12.6. The van der Waals surface area contributed by atoms with E-state index in [2.05, 4.69) is 20.4 Å². The minimum absolute atomic E-state index is 0.0709. The Morgan fingerprint density at radius 3 is 2.38 bits per heavy atom. The molecule has 1 N–H and O–H groups in total. The molecule has 32 heavy (non-hydrogen) atoms. The van der Waals surface area contributed by atoms with Crippen molar-refractivity contribution in [1.82, 2.24) is 24.9 Å². The van der Waals surface area contributed by atoms with Crippen LogP contribution in [0.4, 0.5) is 13.2 Å². The standard InChI is InChI=1S/C21H22F3N5O3/c1-11-5-7-14(8-6-11)16(10-18(31)32-4)26-17(30)9-15-12(2)25-20-27-19(21(22,23)24)28-29(20)13(15)3/h5-8,16H,9-10H2,1-4H3,(H,26,30)/t16-/m1/s1. The maximum absolute atomic E-state index is 13.0. The number of alkyl halides is 3. The molecule has 0 aliphatic rings. The SMILES string of the molecule is COC(=O)C[C@@H](NC(=O)Cc1c(C)nc2nc(C(F)(F)F)nn2c1C)c1ccc(C)cc1. The van der Waals surface area contributed by atoms with Gasteiger partial charge in [0.2, 0.25) is 5.91 Å². The number of aromatic nitrogens is 4. The number of ether oxygens (including phenoxy) is 1. The number of hydrogen-bond acceptors (Lipinski definition) is 6. The molecule has 1 atom stereocenters. The van der Waals surface area contributed by atoms with E-state index in [0.29, 0.717) is 17.0 Å². The van der Waals surface area contributed by atoms with Crippen LogP contribution in [0.2, 0.25) is 0 Å². The van der Waals surface area contributed by atoms with Crippen molar-refractivity contribution < 1.29 is 27.5 Å². The highest BCUT2D eigenvalue weighted by Crippen LogP contribution is 2.27. The predicted octanol–water partition coefficient (Wildman–Crippen LogP) is 3.03. The number of methoxy groups -OCH3 is 1. The fourth-order valence-corrected chi connectivity index (χ4v) is 3.29. The molecular formula is C21H22F3N5O3. The lowest BCUT2D eigenvalue weighted by atomic mass is 10.0. The van der Waals surface area contributed by atoms with Gasteiger partial charge < -0.3 is 10.1 Å². The molecule has 8 nitrogen and oxygen atoms in total. The van der Waals surface area contributed by atoms with Crippen molar-refractivity contribution in [2.75, 3.05) is 7.11 Å². The quantitative estimate of drug-likeness (QED) is 0.581. The van der Waals surface area contributed by atoms with E-state index < -0.39 is 29.9 Å². The van der Waals surface area contributed by atoms with Gasteiger partial charge >= 0.3 is 12.1 Å². The summed E-state index contributed by atoms with van der Waals surface area (Å²) in [5, 5.41) is 6.29. The van der Waals surface area contributed by atoms with Crippen molar-refractivity contribution in [3.8, 4) is 0 Å². The van der Waals surface area contributed by atoms with E-state index in [-0.39, 0.29) is 18.6 Å². The van der Waals surface area contributed by atoms with Crippen molar-refractivity contribution in [3.63, 3.8) is 0 Å². The zero-order valence-electron chi connectivity index (χ0n) is 17.9. The lowest BCUT2D eigenvalue weighted by Crippen LogP contribution is -2.32. The van der Waals surface area contributed by atoms with E-state index in [0.717, 1.165) is 15.6 Å². The Kier molecular flexibility index (Phi) is 6.47. The first-order valence-electron chi connectivity index (χ1n) is 9.72. The van der Waals surface area contributed by atoms with E-state index in [1.807, 2.05) is 19.1 Å². The van der Waals surface area contributed by atoms with Gasteiger partial charge in [-0.3, -0.25) is 9.59 Å². The lowest BCUT2D eigenvalue weighted by Gasteiger charge is -2.19. The molecule has 0 saturated heterocycles. The van der Waals surface area contributed by atoms with Gasteiger partial charge in [0.05, 0.1) is 26.0 Å². The van der Waals surface area contributed by atoms with Gasteiger partial charge in [-0.15, -0.1) is 5.10 Å². The second-order valence-electron chi connectivity index (χ2n) is 7.39. The summed E-state index contributed by atoms with van der Waals surface area (Å²) in [4.78, 5) is 32.2. The second-order valence-corrected chi connectivity index (χ2v) is 7.39. The molecule has 0 saturated carbocycles. The van der Waals surface area contributed by atoms with Crippen LogP contribution in [-0.2, 0) is 26.9 Å². The highest BCUT2D eigenvalue weighted by atomic mass is 19.4. The summed E-state index contributed by atoms with van der Waals surface area (Å²) in [6, 6.07) is 6.71. The molecule has 11 heteroatoms. The van der Waals surface area contributed by atoms with Gasteiger partial charge in [-0.2, -0.15) is 18.2 Å². The lowest BCUT2D eigenvalue weighted by molar-refractivity contribution is -0.145. The van der Waals surface area contributed by atoms with E-state index in [1.165, 1.54) is 7.11 Å². The summed E-state index contributed by atoms with van der Waals surface area (Å²) >= 11 is 0. The minimum Gasteiger partial charge on any atom is -0.469 e. The summed E-state index contributed by atoms with van der Waals surface area (Å²) < 4.78 is 44.6. The van der Waals surface area contributed by atoms with Crippen LogP contribution >= 0.6 is 0 Å². The van der Waals surface area contributed by atoms with Gasteiger partial charge in [0, 0.05) is 17.0 Å². The average molecular weight is 449 g/mol. The molecule has 3 aromatic rings. The topological polar surface area (TPSA) is 98.5 Å². The van der Waals surface area contributed by atoms with Crippen LogP contribution in [-0.4, -0.2) is 38.6 Å².